The largest absolute Gasteiger partial charge is 0.320 e. The summed E-state index contributed by atoms with van der Waals surface area (Å²) in [7, 11) is -3.99. The highest BCUT2D eigenvalue weighted by Gasteiger charge is 2.24. The molecule has 1 atom stereocenters. The zero-order valence-corrected chi connectivity index (χ0v) is 13.3. The van der Waals surface area contributed by atoms with Gasteiger partial charge in [0.25, 0.3) is 15.9 Å². The fraction of sp³-hybridized carbons (Fsp3) is 0.333. The van der Waals surface area contributed by atoms with Gasteiger partial charge >= 0.3 is 0 Å². The van der Waals surface area contributed by atoms with Crippen molar-refractivity contribution in [2.24, 2.45) is 11.7 Å². The Morgan fingerprint density at radius 2 is 2.05 bits per heavy atom. The minimum Gasteiger partial charge on any atom is -0.320 e. The minimum absolute atomic E-state index is 0.0168. The summed E-state index contributed by atoms with van der Waals surface area (Å²) < 4.78 is 26.9. The number of rotatable bonds is 5. The van der Waals surface area contributed by atoms with E-state index in [9.17, 15) is 13.2 Å². The second-order valence-electron chi connectivity index (χ2n) is 5.56. The molecule has 0 saturated heterocycles. The van der Waals surface area contributed by atoms with Crippen LogP contribution in [-0.4, -0.2) is 25.4 Å². The van der Waals surface area contributed by atoms with Crippen molar-refractivity contribution in [1.82, 2.24) is 9.71 Å². The Kier molecular flexibility index (Phi) is 4.77. The second-order valence-corrected chi connectivity index (χ2v) is 7.21. The number of fused-ring (bicyclic) bond motifs is 1. The molecule has 6 nitrogen and oxygen atoms in total. The van der Waals surface area contributed by atoms with Gasteiger partial charge in [-0.2, -0.15) is 0 Å². The molecule has 0 aliphatic rings. The van der Waals surface area contributed by atoms with Crippen molar-refractivity contribution >= 4 is 26.7 Å². The summed E-state index contributed by atoms with van der Waals surface area (Å²) in [5, 5.41) is 1.19. The fourth-order valence-corrected chi connectivity index (χ4v) is 3.44. The number of sulfonamides is 1. The van der Waals surface area contributed by atoms with E-state index in [4.69, 9.17) is 5.73 Å². The van der Waals surface area contributed by atoms with E-state index < -0.39 is 22.0 Å². The molecule has 2 aromatic rings. The van der Waals surface area contributed by atoms with Gasteiger partial charge in [0.05, 0.1) is 10.9 Å². The number of benzene rings is 1. The van der Waals surface area contributed by atoms with Crippen LogP contribution >= 0.6 is 0 Å². The van der Waals surface area contributed by atoms with Gasteiger partial charge in [0, 0.05) is 17.8 Å². The Morgan fingerprint density at radius 3 is 2.73 bits per heavy atom. The van der Waals surface area contributed by atoms with E-state index in [2.05, 4.69) is 9.71 Å². The van der Waals surface area contributed by atoms with Gasteiger partial charge in [0.1, 0.15) is 0 Å². The first-order valence-electron chi connectivity index (χ1n) is 6.96. The minimum atomic E-state index is -3.99. The Hall–Kier alpha value is -1.99. The predicted molar refractivity (Wildman–Crippen MR) is 84.5 cm³/mol. The number of aromatic nitrogens is 1. The van der Waals surface area contributed by atoms with Crippen LogP contribution < -0.4 is 10.5 Å². The number of hydrogen-bond donors (Lipinski definition) is 2. The van der Waals surface area contributed by atoms with Crippen molar-refractivity contribution in [3.63, 3.8) is 0 Å². The van der Waals surface area contributed by atoms with Crippen molar-refractivity contribution in [3.8, 4) is 0 Å². The first-order chi connectivity index (χ1) is 10.3. The SMILES string of the molecule is CC(C)C[C@H](N)C(=O)NS(=O)(=O)c1cccc2ccncc12. The van der Waals surface area contributed by atoms with E-state index in [0.717, 1.165) is 5.39 Å². The summed E-state index contributed by atoms with van der Waals surface area (Å²) in [6.45, 7) is 3.83. The van der Waals surface area contributed by atoms with E-state index >= 15 is 0 Å². The van der Waals surface area contributed by atoms with Gasteiger partial charge in [0.2, 0.25) is 0 Å². The van der Waals surface area contributed by atoms with Crippen LogP contribution in [0.2, 0.25) is 0 Å². The molecule has 0 aliphatic carbocycles. The first kappa shape index (κ1) is 16.4. The van der Waals surface area contributed by atoms with Gasteiger partial charge < -0.3 is 5.73 Å². The maximum Gasteiger partial charge on any atom is 0.264 e. The van der Waals surface area contributed by atoms with E-state index in [0.29, 0.717) is 11.8 Å². The molecule has 3 N–H and O–H groups in total. The molecular weight excluding hydrogens is 302 g/mol. The third-order valence-electron chi connectivity index (χ3n) is 3.23. The smallest absolute Gasteiger partial charge is 0.264 e. The van der Waals surface area contributed by atoms with E-state index in [1.54, 1.807) is 24.4 Å². The van der Waals surface area contributed by atoms with Crippen LogP contribution in [-0.2, 0) is 14.8 Å². The highest BCUT2D eigenvalue weighted by molar-refractivity contribution is 7.90. The maximum absolute atomic E-state index is 12.4. The van der Waals surface area contributed by atoms with Crippen molar-refractivity contribution in [3.05, 3.63) is 36.7 Å². The zero-order valence-electron chi connectivity index (χ0n) is 12.5. The maximum atomic E-state index is 12.4. The summed E-state index contributed by atoms with van der Waals surface area (Å²) in [6, 6.07) is 5.69. The molecule has 1 aromatic heterocycles. The standard InChI is InChI=1S/C15H19N3O3S/c1-10(2)8-13(16)15(19)18-22(20,21)14-5-3-4-11-6-7-17-9-12(11)14/h3-7,9-10,13H,8,16H2,1-2H3,(H,18,19)/t13-/m0/s1. The summed E-state index contributed by atoms with van der Waals surface area (Å²) >= 11 is 0. The van der Waals surface area contributed by atoms with Crippen LogP contribution in [0.1, 0.15) is 20.3 Å². The molecule has 0 bridgehead atoms. The first-order valence-corrected chi connectivity index (χ1v) is 8.44. The predicted octanol–water partition coefficient (Wildman–Crippen LogP) is 1.41. The molecule has 22 heavy (non-hydrogen) atoms. The van der Waals surface area contributed by atoms with Crippen LogP contribution in [0.3, 0.4) is 0 Å². The lowest BCUT2D eigenvalue weighted by Gasteiger charge is -2.15. The molecule has 1 aromatic carbocycles. The molecule has 0 fully saturated rings. The number of nitrogens with zero attached hydrogens (tertiary/aromatic N) is 1. The van der Waals surface area contributed by atoms with Gasteiger partial charge in [-0.25, -0.2) is 13.1 Å². The number of pyridine rings is 1. The normalized spacial score (nSPS) is 13.3. The number of hydrogen-bond acceptors (Lipinski definition) is 5. The van der Waals surface area contributed by atoms with Crippen LogP contribution in [0.4, 0.5) is 0 Å². The van der Waals surface area contributed by atoms with Crippen molar-refractivity contribution in [2.45, 2.75) is 31.2 Å². The van der Waals surface area contributed by atoms with E-state index in [1.165, 1.54) is 12.3 Å². The molecule has 0 spiro atoms. The van der Waals surface area contributed by atoms with Gasteiger partial charge in [-0.1, -0.05) is 26.0 Å². The highest BCUT2D eigenvalue weighted by Crippen LogP contribution is 2.21. The summed E-state index contributed by atoms with van der Waals surface area (Å²) in [5.74, 6) is -0.500. The average molecular weight is 321 g/mol. The van der Waals surface area contributed by atoms with E-state index in [1.807, 2.05) is 13.8 Å². The molecular formula is C15H19N3O3S. The lowest BCUT2D eigenvalue weighted by molar-refractivity contribution is -0.120. The van der Waals surface area contributed by atoms with Crippen LogP contribution in [0.15, 0.2) is 41.6 Å². The topological polar surface area (TPSA) is 102 Å². The highest BCUT2D eigenvalue weighted by atomic mass is 32.2. The second kappa shape index (κ2) is 6.41. The van der Waals surface area contributed by atoms with Crippen molar-refractivity contribution < 1.29 is 13.2 Å². The number of carbonyl (C=O) groups is 1. The summed E-state index contributed by atoms with van der Waals surface area (Å²) in [4.78, 5) is 15.9. The zero-order chi connectivity index (χ0) is 16.3. The Balaban J connectivity index is 2.32. The molecule has 2 rings (SSSR count). The number of carbonyl (C=O) groups excluding carboxylic acids is 1. The third kappa shape index (κ3) is 3.61. The molecule has 0 radical (unpaired) electrons. The fourth-order valence-electron chi connectivity index (χ4n) is 2.20. The van der Waals surface area contributed by atoms with E-state index in [-0.39, 0.29) is 10.8 Å². The lowest BCUT2D eigenvalue weighted by atomic mass is 10.0. The van der Waals surface area contributed by atoms with Crippen molar-refractivity contribution in [2.75, 3.05) is 0 Å². The number of nitrogens with two attached hydrogens (primary N) is 1. The molecule has 0 unspecified atom stereocenters. The number of amides is 1. The molecule has 0 saturated carbocycles. The van der Waals surface area contributed by atoms with Crippen LogP contribution in [0, 0.1) is 5.92 Å². The molecule has 1 heterocycles. The Labute approximate surface area is 129 Å². The summed E-state index contributed by atoms with van der Waals surface area (Å²) in [5.41, 5.74) is 5.73. The van der Waals surface area contributed by atoms with Crippen LogP contribution in [0.25, 0.3) is 10.8 Å². The average Bonchev–Trinajstić information content (AvgIpc) is 2.45. The molecule has 118 valence electrons. The Morgan fingerprint density at radius 1 is 1.32 bits per heavy atom. The third-order valence-corrected chi connectivity index (χ3v) is 4.64. The molecule has 0 aliphatic heterocycles. The van der Waals surface area contributed by atoms with Crippen LogP contribution in [0.5, 0.6) is 0 Å². The van der Waals surface area contributed by atoms with Gasteiger partial charge in [-0.15, -0.1) is 0 Å². The van der Waals surface area contributed by atoms with Crippen molar-refractivity contribution in [1.29, 1.82) is 0 Å². The summed E-state index contributed by atoms with van der Waals surface area (Å²) in [6.07, 6.45) is 3.46. The Bertz CT molecular complexity index is 782. The lowest BCUT2D eigenvalue weighted by Crippen LogP contribution is -2.44. The monoisotopic (exact) mass is 321 g/mol. The van der Waals surface area contributed by atoms with Gasteiger partial charge in [0.15, 0.2) is 0 Å². The molecule has 1 amide bonds. The molecule has 7 heteroatoms. The number of nitrogens with one attached hydrogen (secondary N) is 1. The quantitative estimate of drug-likeness (QED) is 0.867. The van der Waals surface area contributed by atoms with Gasteiger partial charge in [-0.05, 0) is 29.9 Å². The van der Waals surface area contributed by atoms with Gasteiger partial charge in [-0.3, -0.25) is 9.78 Å².